The first-order chi connectivity index (χ1) is 9.63. The van der Waals surface area contributed by atoms with Crippen molar-refractivity contribution in [3.8, 4) is 0 Å². The lowest BCUT2D eigenvalue weighted by Gasteiger charge is -2.29. The summed E-state index contributed by atoms with van der Waals surface area (Å²) in [5.74, 6) is -0.906. The van der Waals surface area contributed by atoms with E-state index in [0.29, 0.717) is 12.1 Å². The molecule has 0 saturated carbocycles. The quantitative estimate of drug-likeness (QED) is 0.883. The van der Waals surface area contributed by atoms with Crippen molar-refractivity contribution in [3.05, 3.63) is 33.8 Å². The smallest absolute Gasteiger partial charge is 0.336 e. The Hall–Kier alpha value is -0.910. The Labute approximate surface area is 127 Å². The number of likely N-dealkylation sites (tertiary alicyclic amines) is 1. The van der Waals surface area contributed by atoms with Crippen molar-refractivity contribution in [1.29, 1.82) is 0 Å². The van der Waals surface area contributed by atoms with E-state index in [-0.39, 0.29) is 12.6 Å². The monoisotopic (exact) mass is 341 g/mol. The molecule has 0 amide bonds. The Morgan fingerprint density at radius 1 is 1.35 bits per heavy atom. The second-order valence-corrected chi connectivity index (χ2v) is 6.08. The summed E-state index contributed by atoms with van der Waals surface area (Å²) < 4.78 is 0.818. The molecule has 4 nitrogen and oxygen atoms in total. The first-order valence-corrected chi connectivity index (χ1v) is 7.78. The molecule has 5 heteroatoms. The minimum Gasteiger partial charge on any atom is -0.478 e. The number of aliphatic hydroxyl groups excluding tert-OH is 1. The Kier molecular flexibility index (Phi) is 5.57. The van der Waals surface area contributed by atoms with Crippen LogP contribution < -0.4 is 0 Å². The Morgan fingerprint density at radius 2 is 2.15 bits per heavy atom. The lowest BCUT2D eigenvalue weighted by atomic mass is 10.1. The van der Waals surface area contributed by atoms with Crippen LogP contribution in [0.25, 0.3) is 0 Å². The zero-order valence-corrected chi connectivity index (χ0v) is 13.0. The molecule has 1 unspecified atom stereocenters. The summed E-state index contributed by atoms with van der Waals surface area (Å²) in [6, 6.07) is 5.37. The normalized spacial score (nSPS) is 20.6. The van der Waals surface area contributed by atoms with Gasteiger partial charge in [0.2, 0.25) is 0 Å². The van der Waals surface area contributed by atoms with Crippen LogP contribution >= 0.6 is 15.9 Å². The standard InChI is InChI=1S/C15H20BrNO3/c16-14-7-4-6-12(15(19)20)13(14)9-17-8-3-1-2-5-11(17)10-18/h4,6-7,11,18H,1-3,5,8-10H2,(H,19,20). The molecule has 0 aliphatic carbocycles. The molecule has 2 N–H and O–H groups in total. The van der Waals surface area contributed by atoms with Crippen LogP contribution in [0.1, 0.15) is 41.6 Å². The fraction of sp³-hybridized carbons (Fsp3) is 0.533. The van der Waals surface area contributed by atoms with Crippen molar-refractivity contribution >= 4 is 21.9 Å². The van der Waals surface area contributed by atoms with Gasteiger partial charge in [-0.15, -0.1) is 0 Å². The lowest BCUT2D eigenvalue weighted by Crippen LogP contribution is -2.37. The number of hydrogen-bond acceptors (Lipinski definition) is 3. The predicted molar refractivity (Wildman–Crippen MR) is 80.9 cm³/mol. The molecule has 1 fully saturated rings. The minimum absolute atomic E-state index is 0.131. The number of carboxylic acid groups (broad SMARTS) is 1. The summed E-state index contributed by atoms with van der Waals surface area (Å²) in [4.78, 5) is 13.6. The average Bonchev–Trinajstić information content (AvgIpc) is 2.65. The second kappa shape index (κ2) is 7.20. The highest BCUT2D eigenvalue weighted by Gasteiger charge is 2.23. The van der Waals surface area contributed by atoms with Crippen molar-refractivity contribution in [2.24, 2.45) is 0 Å². The zero-order valence-electron chi connectivity index (χ0n) is 11.4. The van der Waals surface area contributed by atoms with Gasteiger partial charge in [-0.25, -0.2) is 4.79 Å². The average molecular weight is 342 g/mol. The highest BCUT2D eigenvalue weighted by molar-refractivity contribution is 9.10. The van der Waals surface area contributed by atoms with Crippen molar-refractivity contribution in [1.82, 2.24) is 4.90 Å². The summed E-state index contributed by atoms with van der Waals surface area (Å²) in [6.07, 6.45) is 4.38. The highest BCUT2D eigenvalue weighted by Crippen LogP contribution is 2.26. The van der Waals surface area contributed by atoms with Crippen LogP contribution in [-0.4, -0.2) is 40.3 Å². The Bertz CT molecular complexity index is 478. The van der Waals surface area contributed by atoms with Gasteiger partial charge in [-0.3, -0.25) is 4.90 Å². The first-order valence-electron chi connectivity index (χ1n) is 6.99. The summed E-state index contributed by atoms with van der Waals surface area (Å²) in [7, 11) is 0. The zero-order chi connectivity index (χ0) is 14.5. The number of aliphatic hydroxyl groups is 1. The van der Waals surface area contributed by atoms with E-state index in [1.807, 2.05) is 6.07 Å². The maximum atomic E-state index is 11.3. The minimum atomic E-state index is -0.906. The van der Waals surface area contributed by atoms with Gasteiger partial charge in [0.25, 0.3) is 0 Å². The van der Waals surface area contributed by atoms with Gasteiger partial charge in [0.15, 0.2) is 0 Å². The molecule has 1 heterocycles. The highest BCUT2D eigenvalue weighted by atomic mass is 79.9. The molecule has 0 aromatic heterocycles. The number of halogens is 1. The van der Waals surface area contributed by atoms with E-state index in [2.05, 4.69) is 20.8 Å². The lowest BCUT2D eigenvalue weighted by molar-refractivity contribution is 0.0692. The van der Waals surface area contributed by atoms with Gasteiger partial charge in [-0.1, -0.05) is 34.8 Å². The van der Waals surface area contributed by atoms with Crippen LogP contribution in [0, 0.1) is 0 Å². The van der Waals surface area contributed by atoms with Crippen LogP contribution in [0.5, 0.6) is 0 Å². The van der Waals surface area contributed by atoms with Gasteiger partial charge in [-0.2, -0.15) is 0 Å². The molecule has 2 rings (SSSR count). The van der Waals surface area contributed by atoms with Crippen molar-refractivity contribution in [2.75, 3.05) is 13.2 Å². The number of benzene rings is 1. The molecule has 20 heavy (non-hydrogen) atoms. The largest absolute Gasteiger partial charge is 0.478 e. The summed E-state index contributed by atoms with van der Waals surface area (Å²) in [6.45, 7) is 1.60. The van der Waals surface area contributed by atoms with Gasteiger partial charge in [0, 0.05) is 17.1 Å². The third-order valence-corrected chi connectivity index (χ3v) is 4.66. The molecular formula is C15H20BrNO3. The second-order valence-electron chi connectivity index (χ2n) is 5.23. The molecular weight excluding hydrogens is 322 g/mol. The van der Waals surface area contributed by atoms with E-state index >= 15 is 0 Å². The van der Waals surface area contributed by atoms with Crippen molar-refractivity contribution < 1.29 is 15.0 Å². The molecule has 0 radical (unpaired) electrons. The third-order valence-electron chi connectivity index (χ3n) is 3.92. The Balaban J connectivity index is 2.25. The van der Waals surface area contributed by atoms with E-state index in [4.69, 9.17) is 0 Å². The number of hydrogen-bond donors (Lipinski definition) is 2. The molecule has 1 atom stereocenters. The van der Waals surface area contributed by atoms with Crippen LogP contribution in [0.15, 0.2) is 22.7 Å². The van der Waals surface area contributed by atoms with Crippen LogP contribution in [-0.2, 0) is 6.54 Å². The summed E-state index contributed by atoms with van der Waals surface area (Å²) in [5, 5.41) is 18.9. The van der Waals surface area contributed by atoms with E-state index in [1.54, 1.807) is 12.1 Å². The molecule has 1 aliphatic rings. The van der Waals surface area contributed by atoms with E-state index in [1.165, 1.54) is 6.42 Å². The first kappa shape index (κ1) is 15.5. The fourth-order valence-corrected chi connectivity index (χ4v) is 3.27. The topological polar surface area (TPSA) is 60.8 Å². The molecule has 0 bridgehead atoms. The number of rotatable bonds is 4. The van der Waals surface area contributed by atoms with Gasteiger partial charge < -0.3 is 10.2 Å². The van der Waals surface area contributed by atoms with Gasteiger partial charge in [0.1, 0.15) is 0 Å². The Morgan fingerprint density at radius 3 is 2.85 bits per heavy atom. The van der Waals surface area contributed by atoms with Crippen LogP contribution in [0.4, 0.5) is 0 Å². The number of nitrogens with zero attached hydrogens (tertiary/aromatic N) is 1. The van der Waals surface area contributed by atoms with Gasteiger partial charge >= 0.3 is 5.97 Å². The molecule has 0 spiro atoms. The number of carbonyl (C=O) groups is 1. The number of carboxylic acids is 1. The van der Waals surface area contributed by atoms with Crippen LogP contribution in [0.2, 0.25) is 0 Å². The van der Waals surface area contributed by atoms with E-state index < -0.39 is 5.97 Å². The van der Waals surface area contributed by atoms with E-state index in [9.17, 15) is 15.0 Å². The van der Waals surface area contributed by atoms with Crippen molar-refractivity contribution in [2.45, 2.75) is 38.3 Å². The summed E-state index contributed by atoms with van der Waals surface area (Å²) in [5.41, 5.74) is 1.13. The maximum absolute atomic E-state index is 11.3. The SMILES string of the molecule is O=C(O)c1cccc(Br)c1CN1CCCCCC1CO. The molecule has 1 aromatic carbocycles. The number of aromatic carboxylic acids is 1. The van der Waals surface area contributed by atoms with E-state index in [0.717, 1.165) is 35.8 Å². The van der Waals surface area contributed by atoms with Gasteiger partial charge in [-0.05, 0) is 37.1 Å². The summed E-state index contributed by atoms with van der Waals surface area (Å²) >= 11 is 3.45. The van der Waals surface area contributed by atoms with Crippen LogP contribution in [0.3, 0.4) is 0 Å². The molecule has 1 aliphatic heterocycles. The van der Waals surface area contributed by atoms with Gasteiger partial charge in [0.05, 0.1) is 12.2 Å². The fourth-order valence-electron chi connectivity index (χ4n) is 2.77. The van der Waals surface area contributed by atoms with Crippen molar-refractivity contribution in [3.63, 3.8) is 0 Å². The maximum Gasteiger partial charge on any atom is 0.336 e. The molecule has 1 saturated heterocycles. The predicted octanol–water partition coefficient (Wildman–Crippen LogP) is 2.88. The third kappa shape index (κ3) is 3.59. The molecule has 110 valence electrons. The molecule has 1 aromatic rings.